The molecule has 0 radical (unpaired) electrons. The van der Waals surface area contributed by atoms with Crippen molar-refractivity contribution >= 4 is 5.91 Å². The zero-order valence-corrected chi connectivity index (χ0v) is 12.8. The fourth-order valence-electron chi connectivity index (χ4n) is 2.98. The quantitative estimate of drug-likeness (QED) is 0.921. The van der Waals surface area contributed by atoms with Crippen LogP contribution < -0.4 is 5.32 Å². The Morgan fingerprint density at radius 1 is 1.14 bits per heavy atom. The summed E-state index contributed by atoms with van der Waals surface area (Å²) in [4.78, 5) is 12.3. The highest BCUT2D eigenvalue weighted by Gasteiger charge is 2.31. The van der Waals surface area contributed by atoms with Crippen LogP contribution in [0, 0.1) is 18.3 Å². The first-order valence-corrected chi connectivity index (χ1v) is 7.91. The summed E-state index contributed by atoms with van der Waals surface area (Å²) in [7, 11) is 0. The van der Waals surface area contributed by atoms with Crippen LogP contribution in [0.3, 0.4) is 0 Å². The van der Waals surface area contributed by atoms with Crippen LogP contribution in [0.2, 0.25) is 0 Å². The Labute approximate surface area is 127 Å². The number of nitrogens with zero attached hydrogens (tertiary/aromatic N) is 1. The third-order valence-corrected chi connectivity index (χ3v) is 4.29. The van der Waals surface area contributed by atoms with Crippen LogP contribution >= 0.6 is 0 Å². The lowest BCUT2D eigenvalue weighted by atomic mass is 9.85. The topological polar surface area (TPSA) is 52.9 Å². The Morgan fingerprint density at radius 2 is 1.71 bits per heavy atom. The maximum atomic E-state index is 12.3. The van der Waals surface area contributed by atoms with E-state index in [-0.39, 0.29) is 5.91 Å². The van der Waals surface area contributed by atoms with E-state index in [1.165, 1.54) is 12.0 Å². The molecule has 1 saturated carbocycles. The van der Waals surface area contributed by atoms with Crippen molar-refractivity contribution in [3.63, 3.8) is 0 Å². The zero-order chi connectivity index (χ0) is 15.1. The Balaban J connectivity index is 1.98. The van der Waals surface area contributed by atoms with Crippen LogP contribution in [0.4, 0.5) is 0 Å². The molecule has 1 aromatic carbocycles. The highest BCUT2D eigenvalue weighted by Crippen LogP contribution is 2.26. The van der Waals surface area contributed by atoms with Gasteiger partial charge in [0.1, 0.15) is 5.54 Å². The number of hydrogen-bond donors (Lipinski definition) is 1. The van der Waals surface area contributed by atoms with Crippen LogP contribution in [0.25, 0.3) is 0 Å². The minimum Gasteiger partial charge on any atom is -0.338 e. The van der Waals surface area contributed by atoms with Crippen molar-refractivity contribution in [3.8, 4) is 6.07 Å². The maximum absolute atomic E-state index is 12.3. The van der Waals surface area contributed by atoms with Gasteiger partial charge in [-0.2, -0.15) is 5.26 Å². The summed E-state index contributed by atoms with van der Waals surface area (Å²) in [6, 6.07) is 10.4. The third kappa shape index (κ3) is 4.60. The number of rotatable bonds is 3. The first-order valence-electron chi connectivity index (χ1n) is 7.91. The molecule has 0 heterocycles. The lowest BCUT2D eigenvalue weighted by Crippen LogP contribution is -2.48. The second kappa shape index (κ2) is 7.26. The predicted octanol–water partition coefficient (Wildman–Crippen LogP) is 3.66. The van der Waals surface area contributed by atoms with Crippen LogP contribution in [-0.4, -0.2) is 11.4 Å². The Bertz CT molecular complexity index is 505. The molecule has 112 valence electrons. The molecule has 1 amide bonds. The fraction of sp³-hybridized carbons (Fsp3) is 0.556. The van der Waals surface area contributed by atoms with Crippen molar-refractivity contribution in [2.75, 3.05) is 0 Å². The summed E-state index contributed by atoms with van der Waals surface area (Å²) in [6.07, 6.45) is 7.54. The standard InChI is InChI=1S/C18H24N2O/c1-15-7-9-16(10-8-15)13-17(21)20-18(14-19)11-5-3-2-4-6-12-18/h7-10H,2-6,11-13H2,1H3,(H,20,21). The van der Waals surface area contributed by atoms with Gasteiger partial charge in [0.15, 0.2) is 0 Å². The summed E-state index contributed by atoms with van der Waals surface area (Å²) in [5.74, 6) is -0.0408. The molecule has 1 aliphatic rings. The molecule has 21 heavy (non-hydrogen) atoms. The Morgan fingerprint density at radius 3 is 2.29 bits per heavy atom. The molecule has 3 nitrogen and oxygen atoms in total. The molecule has 0 atom stereocenters. The summed E-state index contributed by atoms with van der Waals surface area (Å²) in [5, 5.41) is 12.6. The van der Waals surface area contributed by atoms with Gasteiger partial charge in [-0.1, -0.05) is 61.9 Å². The Hall–Kier alpha value is -1.82. The van der Waals surface area contributed by atoms with Crippen molar-refractivity contribution in [1.29, 1.82) is 5.26 Å². The Kier molecular flexibility index (Phi) is 5.38. The smallest absolute Gasteiger partial charge is 0.225 e. The molecule has 1 N–H and O–H groups in total. The van der Waals surface area contributed by atoms with Gasteiger partial charge in [0.25, 0.3) is 0 Å². The summed E-state index contributed by atoms with van der Waals surface area (Å²) >= 11 is 0. The minimum absolute atomic E-state index is 0.0408. The monoisotopic (exact) mass is 284 g/mol. The maximum Gasteiger partial charge on any atom is 0.225 e. The first kappa shape index (κ1) is 15.6. The lowest BCUT2D eigenvalue weighted by molar-refractivity contribution is -0.122. The number of carbonyl (C=O) groups is 1. The van der Waals surface area contributed by atoms with Gasteiger partial charge in [0.2, 0.25) is 5.91 Å². The van der Waals surface area contributed by atoms with Gasteiger partial charge in [-0.3, -0.25) is 4.79 Å². The minimum atomic E-state index is -0.651. The van der Waals surface area contributed by atoms with Crippen molar-refractivity contribution in [2.24, 2.45) is 0 Å². The number of hydrogen-bond acceptors (Lipinski definition) is 2. The number of carbonyl (C=O) groups excluding carboxylic acids is 1. The van der Waals surface area contributed by atoms with Gasteiger partial charge in [0.05, 0.1) is 12.5 Å². The molecule has 0 unspecified atom stereocenters. The number of benzene rings is 1. The predicted molar refractivity (Wildman–Crippen MR) is 83.7 cm³/mol. The van der Waals surface area contributed by atoms with E-state index in [0.717, 1.165) is 44.1 Å². The zero-order valence-electron chi connectivity index (χ0n) is 12.8. The molecule has 1 fully saturated rings. The van der Waals surface area contributed by atoms with Crippen LogP contribution in [0.1, 0.15) is 56.1 Å². The van der Waals surface area contributed by atoms with Gasteiger partial charge >= 0.3 is 0 Å². The van der Waals surface area contributed by atoms with E-state index in [1.807, 2.05) is 31.2 Å². The molecule has 2 rings (SSSR count). The van der Waals surface area contributed by atoms with E-state index in [2.05, 4.69) is 11.4 Å². The van der Waals surface area contributed by atoms with E-state index < -0.39 is 5.54 Å². The second-order valence-corrected chi connectivity index (χ2v) is 6.17. The normalized spacial score (nSPS) is 18.1. The highest BCUT2D eigenvalue weighted by molar-refractivity contribution is 5.79. The number of aryl methyl sites for hydroxylation is 1. The van der Waals surface area contributed by atoms with Crippen molar-refractivity contribution < 1.29 is 4.79 Å². The molecule has 1 aromatic rings. The third-order valence-electron chi connectivity index (χ3n) is 4.29. The molecule has 0 spiro atoms. The van der Waals surface area contributed by atoms with Gasteiger partial charge < -0.3 is 5.32 Å². The molecule has 0 aliphatic heterocycles. The van der Waals surface area contributed by atoms with Crippen LogP contribution in [0.5, 0.6) is 0 Å². The average Bonchev–Trinajstić information content (AvgIpc) is 2.45. The van der Waals surface area contributed by atoms with Crippen molar-refractivity contribution in [3.05, 3.63) is 35.4 Å². The van der Waals surface area contributed by atoms with Crippen molar-refractivity contribution in [1.82, 2.24) is 5.32 Å². The van der Waals surface area contributed by atoms with E-state index in [9.17, 15) is 10.1 Å². The molecule has 1 aliphatic carbocycles. The highest BCUT2D eigenvalue weighted by atomic mass is 16.1. The summed E-state index contributed by atoms with van der Waals surface area (Å²) < 4.78 is 0. The van der Waals surface area contributed by atoms with Gasteiger partial charge in [-0.05, 0) is 25.3 Å². The van der Waals surface area contributed by atoms with Crippen LogP contribution in [0.15, 0.2) is 24.3 Å². The summed E-state index contributed by atoms with van der Waals surface area (Å²) in [5.41, 5.74) is 1.53. The van der Waals surface area contributed by atoms with Gasteiger partial charge in [-0.25, -0.2) is 0 Å². The molecular weight excluding hydrogens is 260 g/mol. The molecule has 3 heteroatoms. The SMILES string of the molecule is Cc1ccc(CC(=O)NC2(C#N)CCCCCCC2)cc1. The van der Waals surface area contributed by atoms with Gasteiger partial charge in [0, 0.05) is 0 Å². The molecule has 0 saturated heterocycles. The first-order chi connectivity index (χ1) is 10.1. The number of amides is 1. The van der Waals surface area contributed by atoms with E-state index in [1.54, 1.807) is 0 Å². The molecular formula is C18H24N2O. The van der Waals surface area contributed by atoms with E-state index >= 15 is 0 Å². The van der Waals surface area contributed by atoms with E-state index in [0.29, 0.717) is 6.42 Å². The average molecular weight is 284 g/mol. The van der Waals surface area contributed by atoms with Crippen molar-refractivity contribution in [2.45, 2.75) is 63.8 Å². The number of nitrogens with one attached hydrogen (secondary N) is 1. The van der Waals surface area contributed by atoms with E-state index in [4.69, 9.17) is 0 Å². The molecule has 0 bridgehead atoms. The van der Waals surface area contributed by atoms with Gasteiger partial charge in [-0.15, -0.1) is 0 Å². The second-order valence-electron chi connectivity index (χ2n) is 6.17. The van der Waals surface area contributed by atoms with Crippen LogP contribution in [-0.2, 0) is 11.2 Å². The molecule has 0 aromatic heterocycles. The lowest BCUT2D eigenvalue weighted by Gasteiger charge is -2.29. The number of nitriles is 1. The fourth-order valence-corrected chi connectivity index (χ4v) is 2.98. The largest absolute Gasteiger partial charge is 0.338 e. The summed E-state index contributed by atoms with van der Waals surface area (Å²) in [6.45, 7) is 2.03.